The molecule has 1 aliphatic rings. The van der Waals surface area contributed by atoms with Crippen LogP contribution in [0, 0.1) is 11.8 Å². The van der Waals surface area contributed by atoms with Crippen molar-refractivity contribution in [3.05, 3.63) is 90.8 Å². The Labute approximate surface area is 290 Å². The topological polar surface area (TPSA) is 166 Å². The Kier molecular flexibility index (Phi) is 10.2. The lowest BCUT2D eigenvalue weighted by Gasteiger charge is -2.38. The number of hydrogen-bond acceptors (Lipinski definition) is 7. The fourth-order valence-corrected chi connectivity index (χ4v) is 6.62. The second kappa shape index (κ2) is 14.9. The van der Waals surface area contributed by atoms with Gasteiger partial charge >= 0.3 is 6.09 Å². The van der Waals surface area contributed by atoms with Crippen LogP contribution >= 0.6 is 0 Å². The fourth-order valence-electron chi connectivity index (χ4n) is 6.62. The molecule has 6 rings (SSSR count). The summed E-state index contributed by atoms with van der Waals surface area (Å²) in [5, 5.41) is 31.9. The number of rotatable bonds is 10. The zero-order valence-corrected chi connectivity index (χ0v) is 28.5. The Morgan fingerprint density at radius 1 is 0.920 bits per heavy atom. The van der Waals surface area contributed by atoms with Crippen LogP contribution in [-0.2, 0) is 16.0 Å². The minimum absolute atomic E-state index is 0.166. The first-order valence-corrected chi connectivity index (χ1v) is 16.9. The minimum Gasteiger partial charge on any atom is -0.465 e. The molecule has 0 bridgehead atoms. The van der Waals surface area contributed by atoms with Crippen LogP contribution in [0.2, 0.25) is 0 Å². The Morgan fingerprint density at radius 2 is 1.62 bits per heavy atom. The maximum atomic E-state index is 13.8. The second-order valence-corrected chi connectivity index (χ2v) is 14.0. The third kappa shape index (κ3) is 8.13. The average molecular weight is 675 g/mol. The maximum absolute atomic E-state index is 13.8. The van der Waals surface area contributed by atoms with Gasteiger partial charge in [-0.1, -0.05) is 48.5 Å². The Balaban J connectivity index is 1.16. The SMILES string of the molecule is CC(C)(C)N(CC1CCC(C(=O)N[C@@H](Cc2ccc(-c3cncc4ccccc34)cc2)C(=O)Nc2ccc(-c3nn[nH]n3)cc2)CC1)C(=O)O. The number of tetrazole rings is 1. The van der Waals surface area contributed by atoms with E-state index >= 15 is 0 Å². The van der Waals surface area contributed by atoms with Gasteiger partial charge in [-0.05, 0) is 98.4 Å². The molecule has 0 saturated heterocycles. The smallest absolute Gasteiger partial charge is 0.407 e. The van der Waals surface area contributed by atoms with Crippen LogP contribution in [0.25, 0.3) is 33.3 Å². The van der Waals surface area contributed by atoms with E-state index in [1.54, 1.807) is 24.3 Å². The van der Waals surface area contributed by atoms with Gasteiger partial charge in [0.15, 0.2) is 0 Å². The number of nitrogens with one attached hydrogen (secondary N) is 3. The number of anilines is 1. The molecule has 12 heteroatoms. The number of benzene rings is 3. The van der Waals surface area contributed by atoms with E-state index in [1.807, 2.05) is 75.6 Å². The van der Waals surface area contributed by atoms with Crippen LogP contribution in [-0.4, -0.2) is 71.6 Å². The number of pyridine rings is 1. The molecule has 1 fully saturated rings. The minimum atomic E-state index is -0.933. The van der Waals surface area contributed by atoms with E-state index < -0.39 is 17.7 Å². The molecule has 12 nitrogen and oxygen atoms in total. The predicted octanol–water partition coefficient (Wildman–Crippen LogP) is 6.33. The molecule has 0 spiro atoms. The van der Waals surface area contributed by atoms with Crippen molar-refractivity contribution in [2.24, 2.45) is 11.8 Å². The molecular weight excluding hydrogens is 632 g/mol. The number of amides is 3. The number of aromatic amines is 1. The van der Waals surface area contributed by atoms with E-state index in [0.29, 0.717) is 37.3 Å². The summed E-state index contributed by atoms with van der Waals surface area (Å²) in [6.45, 7) is 6.11. The fraction of sp³-hybridized carbons (Fsp3) is 0.342. The van der Waals surface area contributed by atoms with Gasteiger partial charge in [-0.15, -0.1) is 10.2 Å². The van der Waals surface area contributed by atoms with Crippen molar-refractivity contribution in [2.45, 2.75) is 64.5 Å². The summed E-state index contributed by atoms with van der Waals surface area (Å²) in [7, 11) is 0. The van der Waals surface area contributed by atoms with Crippen LogP contribution in [0.4, 0.5) is 10.5 Å². The molecule has 0 aliphatic heterocycles. The van der Waals surface area contributed by atoms with E-state index in [9.17, 15) is 19.5 Å². The molecule has 1 atom stereocenters. The average Bonchev–Trinajstić information content (AvgIpc) is 3.66. The number of carbonyl (C=O) groups is 3. The Bertz CT molecular complexity index is 1930. The van der Waals surface area contributed by atoms with Crippen molar-refractivity contribution >= 4 is 34.4 Å². The van der Waals surface area contributed by atoms with Gasteiger partial charge in [-0.2, -0.15) is 5.21 Å². The van der Waals surface area contributed by atoms with Crippen LogP contribution in [0.15, 0.2) is 85.2 Å². The van der Waals surface area contributed by atoms with Crippen molar-refractivity contribution in [1.29, 1.82) is 0 Å². The normalized spacial score (nSPS) is 16.8. The van der Waals surface area contributed by atoms with Crippen molar-refractivity contribution in [2.75, 3.05) is 11.9 Å². The van der Waals surface area contributed by atoms with E-state index in [1.165, 1.54) is 4.90 Å². The maximum Gasteiger partial charge on any atom is 0.407 e. The van der Waals surface area contributed by atoms with Gasteiger partial charge in [0, 0.05) is 59.0 Å². The molecule has 258 valence electrons. The number of aromatic nitrogens is 5. The van der Waals surface area contributed by atoms with Crippen LogP contribution in [0.3, 0.4) is 0 Å². The van der Waals surface area contributed by atoms with Crippen molar-refractivity contribution < 1.29 is 19.5 Å². The van der Waals surface area contributed by atoms with Crippen LogP contribution in [0.1, 0.15) is 52.0 Å². The van der Waals surface area contributed by atoms with Gasteiger partial charge in [-0.3, -0.25) is 14.6 Å². The molecule has 5 aromatic rings. The summed E-state index contributed by atoms with van der Waals surface area (Å²) in [4.78, 5) is 45.2. The lowest BCUT2D eigenvalue weighted by Crippen LogP contribution is -2.49. The highest BCUT2D eigenvalue weighted by Gasteiger charge is 2.33. The molecule has 1 aliphatic carbocycles. The highest BCUT2D eigenvalue weighted by Crippen LogP contribution is 2.32. The van der Waals surface area contributed by atoms with Crippen LogP contribution in [0.5, 0.6) is 0 Å². The summed E-state index contributed by atoms with van der Waals surface area (Å²) in [5.41, 5.74) is 3.74. The first-order chi connectivity index (χ1) is 24.0. The number of carbonyl (C=O) groups excluding carboxylic acids is 2. The lowest BCUT2D eigenvalue weighted by molar-refractivity contribution is -0.130. The Hall–Kier alpha value is -5.65. The van der Waals surface area contributed by atoms with E-state index in [-0.39, 0.29) is 23.7 Å². The van der Waals surface area contributed by atoms with E-state index in [0.717, 1.165) is 45.9 Å². The van der Waals surface area contributed by atoms with Gasteiger partial charge in [0.05, 0.1) is 0 Å². The molecule has 3 amide bonds. The molecule has 50 heavy (non-hydrogen) atoms. The molecule has 3 aromatic carbocycles. The summed E-state index contributed by atoms with van der Waals surface area (Å²) in [6.07, 6.45) is 5.81. The predicted molar refractivity (Wildman–Crippen MR) is 191 cm³/mol. The molecular formula is C38H42N8O4. The zero-order chi connectivity index (χ0) is 35.3. The summed E-state index contributed by atoms with van der Waals surface area (Å²) in [6, 6.07) is 22.4. The van der Waals surface area contributed by atoms with E-state index in [4.69, 9.17) is 0 Å². The van der Waals surface area contributed by atoms with Gasteiger partial charge in [0.25, 0.3) is 0 Å². The quantitative estimate of drug-likeness (QED) is 0.133. The molecule has 4 N–H and O–H groups in total. The second-order valence-electron chi connectivity index (χ2n) is 14.0. The molecule has 0 unspecified atom stereocenters. The van der Waals surface area contributed by atoms with Gasteiger partial charge < -0.3 is 20.6 Å². The zero-order valence-electron chi connectivity index (χ0n) is 28.5. The van der Waals surface area contributed by atoms with Crippen molar-refractivity contribution in [3.8, 4) is 22.5 Å². The molecule has 2 aromatic heterocycles. The Morgan fingerprint density at radius 3 is 2.28 bits per heavy atom. The number of carboxylic acid groups (broad SMARTS) is 1. The highest BCUT2D eigenvalue weighted by molar-refractivity contribution is 5.98. The van der Waals surface area contributed by atoms with Gasteiger partial charge in [-0.25, -0.2) is 4.79 Å². The van der Waals surface area contributed by atoms with E-state index in [2.05, 4.69) is 42.3 Å². The molecule has 0 radical (unpaired) electrons. The standard InChI is InChI=1S/C38H42N8O4/c1-38(2,3)46(37(49)50)23-25-10-14-28(15-11-25)35(47)41-33(36(48)40-30-18-16-27(17-19-30)34-42-44-45-43-34)20-24-8-12-26(13-9-24)32-22-39-21-29-6-4-5-7-31(29)32/h4-9,12-13,16-19,21-22,25,28,33H,10-11,14-15,20,23H2,1-3H3,(H,40,48)(H,41,47)(H,49,50)(H,42,43,44,45)/t25?,28?,33-/m0/s1. The first kappa shape index (κ1) is 34.2. The lowest BCUT2D eigenvalue weighted by atomic mass is 9.80. The number of fused-ring (bicyclic) bond motifs is 1. The number of hydrogen-bond donors (Lipinski definition) is 4. The first-order valence-electron chi connectivity index (χ1n) is 16.9. The number of H-pyrrole nitrogens is 1. The largest absolute Gasteiger partial charge is 0.465 e. The summed E-state index contributed by atoms with van der Waals surface area (Å²) < 4.78 is 0. The monoisotopic (exact) mass is 674 g/mol. The third-order valence-electron chi connectivity index (χ3n) is 9.46. The summed E-state index contributed by atoms with van der Waals surface area (Å²) in [5.74, 6) is -0.131. The van der Waals surface area contributed by atoms with Crippen molar-refractivity contribution in [3.63, 3.8) is 0 Å². The highest BCUT2D eigenvalue weighted by atomic mass is 16.4. The molecule has 1 saturated carbocycles. The third-order valence-corrected chi connectivity index (χ3v) is 9.46. The van der Waals surface area contributed by atoms with Crippen LogP contribution < -0.4 is 10.6 Å². The van der Waals surface area contributed by atoms with Gasteiger partial charge in [0.2, 0.25) is 17.6 Å². The van der Waals surface area contributed by atoms with Crippen molar-refractivity contribution in [1.82, 2.24) is 35.8 Å². The van der Waals surface area contributed by atoms with Gasteiger partial charge in [0.1, 0.15) is 6.04 Å². The summed E-state index contributed by atoms with van der Waals surface area (Å²) >= 11 is 0. The molecule has 2 heterocycles. The number of nitrogens with zero attached hydrogens (tertiary/aromatic N) is 5.